The number of carbonyl (C=O) groups excluding carboxylic acids is 1. The maximum Gasteiger partial charge on any atom is 0.256 e. The molecule has 0 atom stereocenters. The average molecular weight is 517 g/mol. The molecule has 4 heterocycles. The third kappa shape index (κ3) is 3.08. The molecule has 1 amide bonds. The minimum atomic E-state index is -0.240. The van der Waals surface area contributed by atoms with E-state index in [4.69, 9.17) is 11.6 Å². The topological polar surface area (TPSA) is 113 Å². The summed E-state index contributed by atoms with van der Waals surface area (Å²) in [5.41, 5.74) is 5.68. The number of hydrogen-bond donors (Lipinski definition) is 2. The molecule has 3 aromatic heterocycles. The molecule has 164 valence electrons. The molecule has 9 nitrogen and oxygen atoms in total. The van der Waals surface area contributed by atoms with E-state index in [0.29, 0.717) is 57.1 Å². The molecular formula is C21H19BrClN7O2. The van der Waals surface area contributed by atoms with E-state index in [-0.39, 0.29) is 18.0 Å². The molecule has 0 aliphatic carbocycles. The molecule has 0 radical (unpaired) electrons. The summed E-state index contributed by atoms with van der Waals surface area (Å²) >= 11 is 10.4. The predicted octanol–water partition coefficient (Wildman–Crippen LogP) is 3.28. The highest BCUT2D eigenvalue weighted by molar-refractivity contribution is 9.10. The maximum absolute atomic E-state index is 13.6. The van der Waals surface area contributed by atoms with Crippen molar-refractivity contribution < 1.29 is 4.79 Å². The Bertz CT molecular complexity index is 1450. The number of amides is 1. The fraction of sp³-hybridized carbons (Fsp3) is 0.286. The molecule has 0 saturated carbocycles. The summed E-state index contributed by atoms with van der Waals surface area (Å²) in [5.74, 6) is -0.223. The third-order valence-corrected chi connectivity index (χ3v) is 7.02. The van der Waals surface area contributed by atoms with Crippen molar-refractivity contribution in [3.8, 4) is 11.3 Å². The summed E-state index contributed by atoms with van der Waals surface area (Å²) in [6, 6.07) is 1.91. The lowest BCUT2D eigenvalue weighted by molar-refractivity contribution is 0.0727. The van der Waals surface area contributed by atoms with Gasteiger partial charge in [-0.1, -0.05) is 32.7 Å². The van der Waals surface area contributed by atoms with Crippen molar-refractivity contribution in [1.29, 1.82) is 0 Å². The number of pyridine rings is 1. The van der Waals surface area contributed by atoms with Gasteiger partial charge in [0, 0.05) is 29.3 Å². The van der Waals surface area contributed by atoms with Crippen molar-refractivity contribution in [3.63, 3.8) is 0 Å². The molecule has 1 aromatic carbocycles. The fourth-order valence-corrected chi connectivity index (χ4v) is 5.32. The number of rotatable bonds is 3. The molecule has 11 heteroatoms. The van der Waals surface area contributed by atoms with Crippen LogP contribution in [0.1, 0.15) is 32.9 Å². The SMILES string of the molecule is Cc1nnn(C)c1-c1cc(Br)c2c(c1Cl)C(=O)N(Cc1c(=O)[nH]c(C)c3nc[nH]c13)CC2. The fourth-order valence-electron chi connectivity index (χ4n) is 4.36. The first-order chi connectivity index (χ1) is 15.3. The number of aromatic nitrogens is 6. The maximum atomic E-state index is 13.6. The summed E-state index contributed by atoms with van der Waals surface area (Å²) in [7, 11) is 1.78. The zero-order valence-electron chi connectivity index (χ0n) is 17.6. The number of H-pyrrole nitrogens is 2. The number of benzene rings is 1. The van der Waals surface area contributed by atoms with Crippen molar-refractivity contribution in [1.82, 2.24) is 34.8 Å². The lowest BCUT2D eigenvalue weighted by Gasteiger charge is -2.30. The predicted molar refractivity (Wildman–Crippen MR) is 124 cm³/mol. The van der Waals surface area contributed by atoms with Crippen molar-refractivity contribution in [3.05, 3.63) is 60.3 Å². The van der Waals surface area contributed by atoms with Gasteiger partial charge in [-0.3, -0.25) is 9.59 Å². The van der Waals surface area contributed by atoms with E-state index in [1.54, 1.807) is 29.9 Å². The number of imidazole rings is 1. The van der Waals surface area contributed by atoms with E-state index in [1.165, 1.54) is 0 Å². The van der Waals surface area contributed by atoms with Crippen molar-refractivity contribution in [2.45, 2.75) is 26.8 Å². The Morgan fingerprint density at radius 3 is 2.78 bits per heavy atom. The monoisotopic (exact) mass is 515 g/mol. The number of nitrogens with zero attached hydrogens (tertiary/aromatic N) is 5. The average Bonchev–Trinajstić information content (AvgIpc) is 3.36. The van der Waals surface area contributed by atoms with Crippen LogP contribution < -0.4 is 5.56 Å². The normalized spacial score (nSPS) is 13.8. The summed E-state index contributed by atoms with van der Waals surface area (Å²) in [6.07, 6.45) is 2.16. The molecule has 1 aliphatic rings. The van der Waals surface area contributed by atoms with Gasteiger partial charge >= 0.3 is 0 Å². The van der Waals surface area contributed by atoms with E-state index in [2.05, 4.69) is 41.2 Å². The van der Waals surface area contributed by atoms with Crippen LogP contribution >= 0.6 is 27.5 Å². The van der Waals surface area contributed by atoms with Gasteiger partial charge in [-0.2, -0.15) is 0 Å². The number of carbonyl (C=O) groups is 1. The zero-order chi connectivity index (χ0) is 22.7. The molecule has 0 unspecified atom stereocenters. The first-order valence-electron chi connectivity index (χ1n) is 9.99. The van der Waals surface area contributed by atoms with E-state index >= 15 is 0 Å². The summed E-state index contributed by atoms with van der Waals surface area (Å²) in [5, 5.41) is 8.51. The van der Waals surface area contributed by atoms with Gasteiger partial charge in [-0.05, 0) is 31.9 Å². The van der Waals surface area contributed by atoms with Crippen LogP contribution in [0.5, 0.6) is 0 Å². The second-order valence-corrected chi connectivity index (χ2v) is 9.11. The van der Waals surface area contributed by atoms with Crippen molar-refractivity contribution in [2.24, 2.45) is 7.05 Å². The van der Waals surface area contributed by atoms with Crippen LogP contribution in [-0.4, -0.2) is 47.3 Å². The number of fused-ring (bicyclic) bond motifs is 2. The first kappa shape index (κ1) is 20.9. The molecule has 1 aliphatic heterocycles. The molecule has 0 spiro atoms. The van der Waals surface area contributed by atoms with Gasteiger partial charge in [0.2, 0.25) is 0 Å². The Hall–Kier alpha value is -2.98. The van der Waals surface area contributed by atoms with Gasteiger partial charge in [0.25, 0.3) is 11.5 Å². The van der Waals surface area contributed by atoms with Gasteiger partial charge in [-0.25, -0.2) is 9.67 Å². The van der Waals surface area contributed by atoms with E-state index in [9.17, 15) is 9.59 Å². The number of halogens is 2. The number of aromatic amines is 2. The van der Waals surface area contributed by atoms with Crippen LogP contribution in [0.4, 0.5) is 0 Å². The summed E-state index contributed by atoms with van der Waals surface area (Å²) in [4.78, 5) is 38.1. The Labute approximate surface area is 195 Å². The lowest BCUT2D eigenvalue weighted by atomic mass is 9.94. The van der Waals surface area contributed by atoms with E-state index in [0.717, 1.165) is 15.7 Å². The highest BCUT2D eigenvalue weighted by Crippen LogP contribution is 2.40. The zero-order valence-corrected chi connectivity index (χ0v) is 19.9. The number of hydrogen-bond acceptors (Lipinski definition) is 5. The lowest BCUT2D eigenvalue weighted by Crippen LogP contribution is -2.39. The molecule has 32 heavy (non-hydrogen) atoms. The van der Waals surface area contributed by atoms with Crippen molar-refractivity contribution in [2.75, 3.05) is 6.54 Å². The first-order valence-corrected chi connectivity index (χ1v) is 11.2. The second-order valence-electron chi connectivity index (χ2n) is 7.88. The highest BCUT2D eigenvalue weighted by atomic mass is 79.9. The van der Waals surface area contributed by atoms with Gasteiger partial charge in [0.05, 0.1) is 45.9 Å². The van der Waals surface area contributed by atoms with Crippen LogP contribution in [0.25, 0.3) is 22.3 Å². The quantitative estimate of drug-likeness (QED) is 0.434. The molecular weight excluding hydrogens is 498 g/mol. The van der Waals surface area contributed by atoms with Gasteiger partial charge in [0.15, 0.2) is 0 Å². The molecule has 4 aromatic rings. The largest absolute Gasteiger partial charge is 0.344 e. The smallest absolute Gasteiger partial charge is 0.256 e. The van der Waals surface area contributed by atoms with Crippen LogP contribution in [0.3, 0.4) is 0 Å². The van der Waals surface area contributed by atoms with E-state index < -0.39 is 0 Å². The molecule has 5 rings (SSSR count). The number of aryl methyl sites for hydroxylation is 3. The Kier molecular flexibility index (Phi) is 4.94. The third-order valence-electron chi connectivity index (χ3n) is 5.92. The molecule has 0 fully saturated rings. The Morgan fingerprint density at radius 2 is 2.06 bits per heavy atom. The van der Waals surface area contributed by atoms with Crippen LogP contribution in [0.2, 0.25) is 5.02 Å². The summed E-state index contributed by atoms with van der Waals surface area (Å²) < 4.78 is 2.45. The van der Waals surface area contributed by atoms with Crippen LogP contribution in [0.15, 0.2) is 21.7 Å². The van der Waals surface area contributed by atoms with Gasteiger partial charge in [0.1, 0.15) is 5.52 Å². The summed E-state index contributed by atoms with van der Waals surface area (Å²) in [6.45, 7) is 4.26. The van der Waals surface area contributed by atoms with E-state index in [1.807, 2.05) is 13.0 Å². The van der Waals surface area contributed by atoms with Gasteiger partial charge < -0.3 is 14.9 Å². The van der Waals surface area contributed by atoms with Crippen LogP contribution in [0, 0.1) is 13.8 Å². The molecule has 0 saturated heterocycles. The standard InChI is InChI=1S/C21H19BrClN7O2/c1-9-17-18(25-8-24-17)13(20(31)26-9)7-30-5-4-11-14(22)6-12(16(23)15(11)21(30)32)19-10(2)27-28-29(19)3/h6,8H,4-5,7H2,1-3H3,(H,24,25)(H,26,31). The van der Waals surface area contributed by atoms with Crippen molar-refractivity contribution >= 4 is 44.5 Å². The van der Waals surface area contributed by atoms with Crippen LogP contribution in [-0.2, 0) is 20.0 Å². The molecule has 2 N–H and O–H groups in total. The number of nitrogens with one attached hydrogen (secondary N) is 2. The minimum absolute atomic E-state index is 0.150. The minimum Gasteiger partial charge on any atom is -0.344 e. The van der Waals surface area contributed by atoms with Gasteiger partial charge in [-0.15, -0.1) is 5.10 Å². The Morgan fingerprint density at radius 1 is 1.28 bits per heavy atom. The molecule has 0 bridgehead atoms. The Balaban J connectivity index is 1.60. The highest BCUT2D eigenvalue weighted by Gasteiger charge is 2.32. The second kappa shape index (κ2) is 7.56.